The lowest BCUT2D eigenvalue weighted by atomic mass is 9.44. The van der Waals surface area contributed by atoms with E-state index in [9.17, 15) is 9.90 Å². The van der Waals surface area contributed by atoms with Gasteiger partial charge in [0, 0.05) is 12.1 Å². The average Bonchev–Trinajstić information content (AvgIpc) is 3.24. The summed E-state index contributed by atoms with van der Waals surface area (Å²) >= 11 is 0. The van der Waals surface area contributed by atoms with Crippen LogP contribution in [0.5, 0.6) is 0 Å². The van der Waals surface area contributed by atoms with Gasteiger partial charge in [-0.25, -0.2) is 0 Å². The Morgan fingerprint density at radius 1 is 1.07 bits per heavy atom. The van der Waals surface area contributed by atoms with Crippen molar-refractivity contribution in [3.05, 3.63) is 18.0 Å². The zero-order chi connectivity index (χ0) is 21.3. The largest absolute Gasteiger partial charge is 0.390 e. The molecule has 1 aromatic rings. The van der Waals surface area contributed by atoms with Crippen molar-refractivity contribution < 1.29 is 9.90 Å². The molecule has 4 aliphatic rings. The first-order valence-electron chi connectivity index (χ1n) is 12.4. The van der Waals surface area contributed by atoms with E-state index in [1.165, 1.54) is 38.5 Å². The predicted molar refractivity (Wildman–Crippen MR) is 118 cm³/mol. The molecule has 1 N–H and O–H groups in total. The molecule has 30 heavy (non-hydrogen) atoms. The highest BCUT2D eigenvalue weighted by Crippen LogP contribution is 2.68. The third-order valence-corrected chi connectivity index (χ3v) is 10.4. The number of rotatable bonds is 3. The molecule has 8 atom stereocenters. The molecule has 0 aromatic carbocycles. The summed E-state index contributed by atoms with van der Waals surface area (Å²) in [5.41, 5.74) is 1.08. The summed E-state index contributed by atoms with van der Waals surface area (Å²) in [5.74, 6) is 3.53. The molecule has 0 saturated heterocycles. The van der Waals surface area contributed by atoms with Crippen LogP contribution in [0.3, 0.4) is 0 Å². The van der Waals surface area contributed by atoms with E-state index in [1.807, 2.05) is 30.8 Å². The van der Waals surface area contributed by atoms with E-state index in [1.54, 1.807) is 0 Å². The monoisotopic (exact) mass is 412 g/mol. The van der Waals surface area contributed by atoms with Gasteiger partial charge < -0.3 is 5.11 Å². The topological polar surface area (TPSA) is 55.1 Å². The zero-order valence-electron chi connectivity index (χ0n) is 19.4. The van der Waals surface area contributed by atoms with Gasteiger partial charge in [-0.2, -0.15) is 5.10 Å². The van der Waals surface area contributed by atoms with Crippen LogP contribution in [0, 0.1) is 47.3 Å². The van der Waals surface area contributed by atoms with Crippen LogP contribution in [0.4, 0.5) is 0 Å². The summed E-state index contributed by atoms with van der Waals surface area (Å²) in [4.78, 5) is 13.3. The Kier molecular flexibility index (Phi) is 4.78. The molecule has 4 heteroatoms. The van der Waals surface area contributed by atoms with E-state index in [2.05, 4.69) is 18.9 Å². The van der Waals surface area contributed by atoms with Crippen molar-refractivity contribution in [1.29, 1.82) is 0 Å². The lowest BCUT2D eigenvalue weighted by molar-refractivity contribution is -0.151. The van der Waals surface area contributed by atoms with E-state index in [4.69, 9.17) is 0 Å². The van der Waals surface area contributed by atoms with Gasteiger partial charge >= 0.3 is 0 Å². The average molecular weight is 413 g/mol. The summed E-state index contributed by atoms with van der Waals surface area (Å²) in [7, 11) is 0. The minimum Gasteiger partial charge on any atom is -0.390 e. The van der Waals surface area contributed by atoms with Gasteiger partial charge in [-0.3, -0.25) is 9.48 Å². The molecule has 1 aromatic heterocycles. The zero-order valence-corrected chi connectivity index (χ0v) is 19.4. The Bertz CT molecular complexity index is 829. The van der Waals surface area contributed by atoms with Crippen molar-refractivity contribution in [1.82, 2.24) is 9.78 Å². The molecule has 0 spiro atoms. The summed E-state index contributed by atoms with van der Waals surface area (Å²) in [6.07, 6.45) is 12.4. The molecular weight excluding hydrogens is 372 g/mol. The van der Waals surface area contributed by atoms with E-state index in [0.717, 1.165) is 36.8 Å². The standard InChI is InChI=1S/C26H40N2O2/c1-17-10-14-28(27-17)16-23(29)22-8-7-20-19-6-5-18-15-24(2,30)12-13-25(18,3)21(19)9-11-26(20,22)4/h10,14,18-22,30H,5-9,11-13,15-16H2,1-4H3/t18-,19+,20+,21+,22-,24-,25+,26+/m1/s1. The van der Waals surface area contributed by atoms with Gasteiger partial charge in [0.2, 0.25) is 0 Å². The quantitative estimate of drug-likeness (QED) is 0.745. The van der Waals surface area contributed by atoms with E-state index < -0.39 is 5.60 Å². The van der Waals surface area contributed by atoms with Crippen LogP contribution in [0.15, 0.2) is 12.3 Å². The van der Waals surface area contributed by atoms with E-state index in [-0.39, 0.29) is 11.3 Å². The Hall–Kier alpha value is -1.16. The second kappa shape index (κ2) is 6.92. The van der Waals surface area contributed by atoms with E-state index in [0.29, 0.717) is 29.6 Å². The highest BCUT2D eigenvalue weighted by molar-refractivity contribution is 5.82. The Morgan fingerprint density at radius 3 is 2.57 bits per heavy atom. The maximum absolute atomic E-state index is 13.3. The number of carbonyl (C=O) groups excluding carboxylic acids is 1. The van der Waals surface area contributed by atoms with Crippen molar-refractivity contribution in [2.24, 2.45) is 40.4 Å². The third kappa shape index (κ3) is 3.12. The van der Waals surface area contributed by atoms with Gasteiger partial charge in [0.25, 0.3) is 0 Å². The molecule has 0 aliphatic heterocycles. The van der Waals surface area contributed by atoms with Crippen molar-refractivity contribution >= 4 is 5.78 Å². The van der Waals surface area contributed by atoms with Crippen molar-refractivity contribution in [2.45, 2.75) is 97.6 Å². The second-order valence-corrected chi connectivity index (χ2v) is 12.2. The van der Waals surface area contributed by atoms with Crippen LogP contribution >= 0.6 is 0 Å². The molecule has 4 fully saturated rings. The molecular formula is C26H40N2O2. The maximum Gasteiger partial charge on any atom is 0.157 e. The van der Waals surface area contributed by atoms with Gasteiger partial charge in [-0.15, -0.1) is 0 Å². The first kappa shape index (κ1) is 20.7. The van der Waals surface area contributed by atoms with Gasteiger partial charge in [0.05, 0.1) is 17.8 Å². The molecule has 0 amide bonds. The predicted octanol–water partition coefficient (Wildman–Crippen LogP) is 5.17. The number of nitrogens with zero attached hydrogens (tertiary/aromatic N) is 2. The van der Waals surface area contributed by atoms with Crippen molar-refractivity contribution in [3.63, 3.8) is 0 Å². The second-order valence-electron chi connectivity index (χ2n) is 12.2. The first-order chi connectivity index (χ1) is 14.1. The molecule has 166 valence electrons. The molecule has 0 bridgehead atoms. The SMILES string of the molecule is Cc1ccn(CC(=O)[C@H]2CC[C@H]3[C@@H]4CC[C@@H]5C[C@](C)(O)CC[C@]5(C)[C@H]4CC[C@]23C)n1. The fourth-order valence-electron chi connectivity index (χ4n) is 8.78. The lowest BCUT2D eigenvalue weighted by Gasteiger charge is -2.61. The van der Waals surface area contributed by atoms with Crippen LogP contribution < -0.4 is 0 Å². The van der Waals surface area contributed by atoms with Crippen LogP contribution in [-0.2, 0) is 11.3 Å². The number of aliphatic hydroxyl groups is 1. The number of aryl methyl sites for hydroxylation is 1. The summed E-state index contributed by atoms with van der Waals surface area (Å²) < 4.78 is 1.83. The van der Waals surface area contributed by atoms with Gasteiger partial charge in [-0.1, -0.05) is 13.8 Å². The maximum atomic E-state index is 13.3. The molecule has 0 unspecified atom stereocenters. The number of fused-ring (bicyclic) bond motifs is 5. The number of carbonyl (C=O) groups is 1. The summed E-state index contributed by atoms with van der Waals surface area (Å²) in [6.45, 7) is 9.45. The van der Waals surface area contributed by atoms with Crippen LogP contribution in [-0.4, -0.2) is 26.3 Å². The minimum absolute atomic E-state index is 0.170. The van der Waals surface area contributed by atoms with Gasteiger partial charge in [0.15, 0.2) is 5.78 Å². The Labute approximate surface area is 181 Å². The van der Waals surface area contributed by atoms with Crippen LogP contribution in [0.25, 0.3) is 0 Å². The van der Waals surface area contributed by atoms with Gasteiger partial charge in [0.1, 0.15) is 0 Å². The Morgan fingerprint density at radius 2 is 1.83 bits per heavy atom. The highest BCUT2D eigenvalue weighted by atomic mass is 16.3. The highest BCUT2D eigenvalue weighted by Gasteiger charge is 2.61. The molecule has 5 rings (SSSR count). The molecule has 4 saturated carbocycles. The van der Waals surface area contributed by atoms with E-state index >= 15 is 0 Å². The number of hydrogen-bond donors (Lipinski definition) is 1. The van der Waals surface area contributed by atoms with Crippen molar-refractivity contribution in [2.75, 3.05) is 0 Å². The third-order valence-electron chi connectivity index (χ3n) is 10.4. The normalized spacial score (nSPS) is 48.0. The van der Waals surface area contributed by atoms with Crippen LogP contribution in [0.1, 0.15) is 84.3 Å². The van der Waals surface area contributed by atoms with Crippen molar-refractivity contribution in [3.8, 4) is 0 Å². The van der Waals surface area contributed by atoms with Gasteiger partial charge in [-0.05, 0) is 112 Å². The number of aromatic nitrogens is 2. The molecule has 0 radical (unpaired) electrons. The smallest absolute Gasteiger partial charge is 0.157 e. The molecule has 4 nitrogen and oxygen atoms in total. The molecule has 4 aliphatic carbocycles. The van der Waals surface area contributed by atoms with Crippen LogP contribution in [0.2, 0.25) is 0 Å². The lowest BCUT2D eigenvalue weighted by Crippen LogP contribution is -2.55. The number of ketones is 1. The molecule has 1 heterocycles. The fraction of sp³-hybridized carbons (Fsp3) is 0.846. The first-order valence-corrected chi connectivity index (χ1v) is 12.4. The number of hydrogen-bond acceptors (Lipinski definition) is 3. The summed E-state index contributed by atoms with van der Waals surface area (Å²) in [6, 6.07) is 1.98. The summed E-state index contributed by atoms with van der Waals surface area (Å²) in [5, 5.41) is 15.1. The fourth-order valence-corrected chi connectivity index (χ4v) is 8.78. The minimum atomic E-state index is -0.462. The Balaban J connectivity index is 1.34. The number of Topliss-reactive ketones (excluding diaryl/α,β-unsaturated/α-hetero) is 1.